The molecular weight excluding hydrogens is 324 g/mol. The Morgan fingerprint density at radius 3 is 2.56 bits per heavy atom. The first-order valence-corrected chi connectivity index (χ1v) is 8.28. The summed E-state index contributed by atoms with van der Waals surface area (Å²) in [5, 5.41) is 9.10. The molecular formula is C18H24N2O5. The lowest BCUT2D eigenvalue weighted by Crippen LogP contribution is -2.47. The summed E-state index contributed by atoms with van der Waals surface area (Å²) in [4.78, 5) is 38.6. The van der Waals surface area contributed by atoms with Crippen LogP contribution in [-0.4, -0.2) is 66.5 Å². The van der Waals surface area contributed by atoms with E-state index in [1.165, 1.54) is 4.90 Å². The summed E-state index contributed by atoms with van der Waals surface area (Å²) in [6.45, 7) is 0.721. The molecule has 25 heavy (non-hydrogen) atoms. The highest BCUT2D eigenvalue weighted by molar-refractivity contribution is 5.86. The van der Waals surface area contributed by atoms with E-state index >= 15 is 0 Å². The van der Waals surface area contributed by atoms with Gasteiger partial charge < -0.3 is 19.6 Å². The lowest BCUT2D eigenvalue weighted by molar-refractivity contribution is -0.147. The molecule has 2 rings (SSSR count). The van der Waals surface area contributed by atoms with Gasteiger partial charge in [-0.15, -0.1) is 0 Å². The highest BCUT2D eigenvalue weighted by Crippen LogP contribution is 2.17. The SMILES string of the molecule is COc1ccc(CC(=O)N(C)CC(=O)N2CCCC(C(=O)O)C2)cc1. The van der Waals surface area contributed by atoms with Gasteiger partial charge in [0.25, 0.3) is 0 Å². The number of piperidine rings is 1. The molecule has 1 atom stereocenters. The van der Waals surface area contributed by atoms with Gasteiger partial charge in [-0.25, -0.2) is 0 Å². The lowest BCUT2D eigenvalue weighted by atomic mass is 9.98. The van der Waals surface area contributed by atoms with Crippen LogP contribution in [-0.2, 0) is 20.8 Å². The smallest absolute Gasteiger partial charge is 0.308 e. The first kappa shape index (κ1) is 18.8. The first-order chi connectivity index (χ1) is 11.9. The molecule has 1 fully saturated rings. The molecule has 1 aliphatic heterocycles. The summed E-state index contributed by atoms with van der Waals surface area (Å²) in [6, 6.07) is 7.20. The number of ether oxygens (including phenoxy) is 1. The van der Waals surface area contributed by atoms with E-state index in [0.29, 0.717) is 19.4 Å². The predicted molar refractivity (Wildman–Crippen MR) is 91.3 cm³/mol. The van der Waals surface area contributed by atoms with E-state index in [0.717, 1.165) is 11.3 Å². The number of aliphatic carboxylic acids is 1. The van der Waals surface area contributed by atoms with Gasteiger partial charge in [0.05, 0.1) is 26.0 Å². The third-order valence-corrected chi connectivity index (χ3v) is 4.44. The van der Waals surface area contributed by atoms with Crippen LogP contribution in [0.4, 0.5) is 0 Å². The quantitative estimate of drug-likeness (QED) is 0.829. The van der Waals surface area contributed by atoms with Crippen molar-refractivity contribution in [1.82, 2.24) is 9.80 Å². The predicted octanol–water partition coefficient (Wildman–Crippen LogP) is 1.02. The molecule has 1 unspecified atom stereocenters. The molecule has 7 heteroatoms. The molecule has 1 aliphatic rings. The second-order valence-corrected chi connectivity index (χ2v) is 6.29. The molecule has 1 aromatic rings. The van der Waals surface area contributed by atoms with Gasteiger partial charge in [-0.3, -0.25) is 14.4 Å². The van der Waals surface area contributed by atoms with Crippen molar-refractivity contribution in [3.8, 4) is 5.75 Å². The molecule has 7 nitrogen and oxygen atoms in total. The number of carbonyl (C=O) groups is 3. The number of likely N-dealkylation sites (N-methyl/N-ethyl adjacent to an activating group) is 1. The summed E-state index contributed by atoms with van der Waals surface area (Å²) >= 11 is 0. The fourth-order valence-corrected chi connectivity index (χ4v) is 2.85. The number of carbonyl (C=O) groups excluding carboxylic acids is 2. The van der Waals surface area contributed by atoms with Crippen LogP contribution in [0.25, 0.3) is 0 Å². The van der Waals surface area contributed by atoms with Crippen molar-refractivity contribution >= 4 is 17.8 Å². The van der Waals surface area contributed by atoms with Crippen molar-refractivity contribution in [3.63, 3.8) is 0 Å². The zero-order valence-electron chi connectivity index (χ0n) is 14.6. The Balaban J connectivity index is 1.86. The average Bonchev–Trinajstić information content (AvgIpc) is 2.62. The van der Waals surface area contributed by atoms with Gasteiger partial charge in [-0.2, -0.15) is 0 Å². The van der Waals surface area contributed by atoms with Crippen LogP contribution in [0.5, 0.6) is 5.75 Å². The molecule has 0 aliphatic carbocycles. The highest BCUT2D eigenvalue weighted by atomic mass is 16.5. The number of amides is 2. The maximum absolute atomic E-state index is 12.3. The van der Waals surface area contributed by atoms with E-state index < -0.39 is 11.9 Å². The van der Waals surface area contributed by atoms with Gasteiger partial charge in [-0.1, -0.05) is 12.1 Å². The number of rotatable bonds is 6. The van der Waals surface area contributed by atoms with Gasteiger partial charge in [0, 0.05) is 20.1 Å². The molecule has 1 saturated heterocycles. The maximum Gasteiger partial charge on any atom is 0.308 e. The van der Waals surface area contributed by atoms with Crippen LogP contribution >= 0.6 is 0 Å². The van der Waals surface area contributed by atoms with Crippen molar-refractivity contribution in [2.24, 2.45) is 5.92 Å². The van der Waals surface area contributed by atoms with Crippen molar-refractivity contribution in [2.75, 3.05) is 33.8 Å². The molecule has 0 saturated carbocycles. The number of benzene rings is 1. The van der Waals surface area contributed by atoms with Gasteiger partial charge in [0.1, 0.15) is 5.75 Å². The fraction of sp³-hybridized carbons (Fsp3) is 0.500. The summed E-state index contributed by atoms with van der Waals surface area (Å²) in [5.41, 5.74) is 0.842. The number of methoxy groups -OCH3 is 1. The molecule has 1 heterocycles. The standard InChI is InChI=1S/C18H24N2O5/c1-19(16(21)10-13-5-7-15(25-2)8-6-13)12-17(22)20-9-3-4-14(11-20)18(23)24/h5-8,14H,3-4,9-12H2,1-2H3,(H,23,24). The minimum absolute atomic E-state index is 0.0404. The molecule has 0 bridgehead atoms. The number of carboxylic acid groups (broad SMARTS) is 1. The van der Waals surface area contributed by atoms with Crippen molar-refractivity contribution in [3.05, 3.63) is 29.8 Å². The molecule has 1 aromatic carbocycles. The molecule has 0 radical (unpaired) electrons. The van der Waals surface area contributed by atoms with Gasteiger partial charge in [0.2, 0.25) is 11.8 Å². The van der Waals surface area contributed by atoms with E-state index in [4.69, 9.17) is 9.84 Å². The van der Waals surface area contributed by atoms with E-state index in [1.807, 2.05) is 12.1 Å². The topological polar surface area (TPSA) is 87.2 Å². The zero-order valence-corrected chi connectivity index (χ0v) is 14.6. The number of carboxylic acids is 1. The van der Waals surface area contributed by atoms with E-state index in [9.17, 15) is 14.4 Å². The van der Waals surface area contributed by atoms with E-state index in [2.05, 4.69) is 0 Å². The Labute approximate surface area is 147 Å². The third-order valence-electron chi connectivity index (χ3n) is 4.44. The minimum atomic E-state index is -0.874. The van der Waals surface area contributed by atoms with Gasteiger partial charge >= 0.3 is 5.97 Å². The number of hydrogen-bond acceptors (Lipinski definition) is 4. The van der Waals surface area contributed by atoms with Crippen molar-refractivity contribution in [1.29, 1.82) is 0 Å². The third kappa shape index (κ3) is 5.20. The Hall–Kier alpha value is -2.57. The molecule has 0 aromatic heterocycles. The number of nitrogens with zero attached hydrogens (tertiary/aromatic N) is 2. The van der Waals surface area contributed by atoms with Crippen LogP contribution in [0, 0.1) is 5.92 Å². The van der Waals surface area contributed by atoms with Crippen LogP contribution < -0.4 is 4.74 Å². The van der Waals surface area contributed by atoms with E-state index in [1.54, 1.807) is 31.2 Å². The summed E-state index contributed by atoms with van der Waals surface area (Å²) in [5.74, 6) is -1.04. The summed E-state index contributed by atoms with van der Waals surface area (Å²) in [6.07, 6.45) is 1.46. The van der Waals surface area contributed by atoms with Crippen LogP contribution in [0.3, 0.4) is 0 Å². The second kappa shape index (κ2) is 8.50. The monoisotopic (exact) mass is 348 g/mol. The lowest BCUT2D eigenvalue weighted by Gasteiger charge is -2.32. The van der Waals surface area contributed by atoms with Gasteiger partial charge in [0.15, 0.2) is 0 Å². The largest absolute Gasteiger partial charge is 0.497 e. The second-order valence-electron chi connectivity index (χ2n) is 6.29. The molecule has 0 spiro atoms. The Kier molecular flexibility index (Phi) is 6.38. The Morgan fingerprint density at radius 1 is 1.28 bits per heavy atom. The highest BCUT2D eigenvalue weighted by Gasteiger charge is 2.28. The normalized spacial score (nSPS) is 17.0. The van der Waals surface area contributed by atoms with Gasteiger partial charge in [-0.05, 0) is 30.5 Å². The molecule has 1 N–H and O–H groups in total. The first-order valence-electron chi connectivity index (χ1n) is 8.28. The Morgan fingerprint density at radius 2 is 1.96 bits per heavy atom. The van der Waals surface area contributed by atoms with Crippen LogP contribution in [0.1, 0.15) is 18.4 Å². The van der Waals surface area contributed by atoms with E-state index in [-0.39, 0.29) is 31.3 Å². The zero-order chi connectivity index (χ0) is 18.4. The number of likely N-dealkylation sites (tertiary alicyclic amines) is 1. The van der Waals surface area contributed by atoms with Crippen LogP contribution in [0.2, 0.25) is 0 Å². The summed E-state index contributed by atoms with van der Waals surface area (Å²) < 4.78 is 5.08. The minimum Gasteiger partial charge on any atom is -0.497 e. The van der Waals surface area contributed by atoms with Crippen molar-refractivity contribution < 1.29 is 24.2 Å². The Bertz CT molecular complexity index is 629. The van der Waals surface area contributed by atoms with Crippen molar-refractivity contribution in [2.45, 2.75) is 19.3 Å². The molecule has 2 amide bonds. The fourth-order valence-electron chi connectivity index (χ4n) is 2.85. The maximum atomic E-state index is 12.3. The number of hydrogen-bond donors (Lipinski definition) is 1. The summed E-state index contributed by atoms with van der Waals surface area (Å²) in [7, 11) is 3.16. The molecule has 136 valence electrons. The average molecular weight is 348 g/mol. The van der Waals surface area contributed by atoms with Crippen LogP contribution in [0.15, 0.2) is 24.3 Å².